The summed E-state index contributed by atoms with van der Waals surface area (Å²) in [5, 5.41) is 5.94. The van der Waals surface area contributed by atoms with Crippen molar-refractivity contribution in [2.75, 3.05) is 16.9 Å². The molecule has 8 nitrogen and oxygen atoms in total. The molecular formula is C23H15Cl2F3N6O2S. The first kappa shape index (κ1) is 26.5. The lowest BCUT2D eigenvalue weighted by atomic mass is 10.0. The zero-order chi connectivity index (χ0) is 26.9. The van der Waals surface area contributed by atoms with E-state index in [1.54, 1.807) is 12.3 Å². The van der Waals surface area contributed by atoms with Gasteiger partial charge in [-0.1, -0.05) is 41.0 Å². The molecule has 2 aromatic carbocycles. The number of urea groups is 1. The fraction of sp³-hybridized carbons (Fsp3) is 0.0870. The van der Waals surface area contributed by atoms with Crippen molar-refractivity contribution in [2.45, 2.75) is 11.3 Å². The quantitative estimate of drug-likeness (QED) is 0.187. The molecule has 4 aromatic rings. The number of carbonyl (C=O) groups excluding carboxylic acids is 2. The van der Waals surface area contributed by atoms with E-state index in [0.717, 1.165) is 18.2 Å². The van der Waals surface area contributed by atoms with Crippen molar-refractivity contribution in [1.29, 1.82) is 0 Å². The Balaban J connectivity index is 1.80. The molecule has 0 bridgehead atoms. The zero-order valence-electron chi connectivity index (χ0n) is 18.7. The Bertz CT molecular complexity index is 1550. The van der Waals surface area contributed by atoms with Crippen LogP contribution in [-0.2, 0) is 6.18 Å². The number of fused-ring (bicyclic) bond motifs is 1. The Morgan fingerprint density at radius 2 is 1.81 bits per heavy atom. The number of alkyl halides is 3. The third-order valence-corrected chi connectivity index (χ3v) is 6.30. The predicted molar refractivity (Wildman–Crippen MR) is 137 cm³/mol. The van der Waals surface area contributed by atoms with Gasteiger partial charge in [0.05, 0.1) is 21.3 Å². The van der Waals surface area contributed by atoms with Gasteiger partial charge in [0.15, 0.2) is 10.8 Å². The molecule has 0 aliphatic carbocycles. The number of primary amides is 1. The van der Waals surface area contributed by atoms with E-state index in [1.807, 2.05) is 0 Å². The number of carbonyl (C=O) groups is 2. The van der Waals surface area contributed by atoms with Crippen LogP contribution < -0.4 is 16.4 Å². The number of aromatic nitrogens is 3. The Kier molecular flexibility index (Phi) is 7.44. The Morgan fingerprint density at radius 1 is 1.05 bits per heavy atom. The fourth-order valence-corrected chi connectivity index (χ4v) is 4.33. The van der Waals surface area contributed by atoms with Crippen LogP contribution in [0.1, 0.15) is 15.9 Å². The standard InChI is InChI=1S/C23H15Cl2F3N6O2S/c1-37-22-30-9-11-8-13(19(33-21(29)36)32-18(11)34-22)16-14(24)5-6-15(17(16)25)31-20(35)10-3-2-4-12(7-10)23(26,27)28/h2-9H,1H3,(H,31,35)(H3,29,30,32,33,34,36). The number of hydrogen-bond donors (Lipinski definition) is 3. The van der Waals surface area contributed by atoms with E-state index in [0.29, 0.717) is 10.5 Å². The molecule has 37 heavy (non-hydrogen) atoms. The molecule has 0 atom stereocenters. The van der Waals surface area contributed by atoms with Crippen LogP contribution in [0, 0.1) is 0 Å². The number of halogens is 5. The molecule has 0 saturated heterocycles. The monoisotopic (exact) mass is 566 g/mol. The van der Waals surface area contributed by atoms with E-state index in [-0.39, 0.29) is 43.9 Å². The normalized spacial score (nSPS) is 11.4. The lowest BCUT2D eigenvalue weighted by Crippen LogP contribution is -2.20. The molecule has 4 N–H and O–H groups in total. The number of hydrogen-bond acceptors (Lipinski definition) is 6. The second-order valence-electron chi connectivity index (χ2n) is 7.46. The summed E-state index contributed by atoms with van der Waals surface area (Å²) in [6.45, 7) is 0. The van der Waals surface area contributed by atoms with Crippen molar-refractivity contribution in [3.8, 4) is 11.1 Å². The van der Waals surface area contributed by atoms with Gasteiger partial charge in [-0.15, -0.1) is 0 Å². The van der Waals surface area contributed by atoms with E-state index in [9.17, 15) is 22.8 Å². The summed E-state index contributed by atoms with van der Waals surface area (Å²) in [5.74, 6) is -0.831. The summed E-state index contributed by atoms with van der Waals surface area (Å²) < 4.78 is 39.2. The summed E-state index contributed by atoms with van der Waals surface area (Å²) in [6.07, 6.45) is -1.30. The van der Waals surface area contributed by atoms with E-state index >= 15 is 0 Å². The van der Waals surface area contributed by atoms with Gasteiger partial charge in [0.25, 0.3) is 5.91 Å². The van der Waals surface area contributed by atoms with Crippen molar-refractivity contribution in [1.82, 2.24) is 15.0 Å². The van der Waals surface area contributed by atoms with Gasteiger partial charge < -0.3 is 11.1 Å². The van der Waals surface area contributed by atoms with Gasteiger partial charge >= 0.3 is 12.2 Å². The highest BCUT2D eigenvalue weighted by molar-refractivity contribution is 7.98. The number of rotatable bonds is 5. The maximum absolute atomic E-state index is 13.1. The molecule has 0 saturated carbocycles. The van der Waals surface area contributed by atoms with Gasteiger partial charge in [-0.25, -0.2) is 19.7 Å². The number of pyridine rings is 1. The van der Waals surface area contributed by atoms with Gasteiger partial charge in [-0.05, 0) is 42.7 Å². The highest BCUT2D eigenvalue weighted by Gasteiger charge is 2.31. The van der Waals surface area contributed by atoms with Crippen LogP contribution in [0.3, 0.4) is 0 Å². The second-order valence-corrected chi connectivity index (χ2v) is 9.02. The third-order valence-electron chi connectivity index (χ3n) is 5.03. The van der Waals surface area contributed by atoms with Crippen LogP contribution in [0.15, 0.2) is 53.8 Å². The third kappa shape index (κ3) is 5.71. The van der Waals surface area contributed by atoms with E-state index < -0.39 is 23.7 Å². The molecule has 3 amide bonds. The molecule has 0 unspecified atom stereocenters. The first-order valence-electron chi connectivity index (χ1n) is 10.2. The number of thioether (sulfide) groups is 1. The molecule has 0 fully saturated rings. The molecule has 0 aliphatic heterocycles. The Morgan fingerprint density at radius 3 is 2.49 bits per heavy atom. The molecule has 0 radical (unpaired) electrons. The SMILES string of the molecule is CSc1ncc2cc(-c3c(Cl)ccc(NC(=O)c4cccc(C(F)(F)F)c4)c3Cl)c(NC(N)=O)nc2n1. The number of nitrogens with two attached hydrogens (primary N) is 1. The van der Waals surface area contributed by atoms with Crippen molar-refractivity contribution in [3.05, 3.63) is 69.8 Å². The molecular weight excluding hydrogens is 552 g/mol. The number of benzene rings is 2. The van der Waals surface area contributed by atoms with Crippen LogP contribution in [-0.4, -0.2) is 33.1 Å². The average molecular weight is 567 g/mol. The molecule has 2 aromatic heterocycles. The maximum atomic E-state index is 13.1. The van der Waals surface area contributed by atoms with E-state index in [4.69, 9.17) is 28.9 Å². The van der Waals surface area contributed by atoms with Crippen molar-refractivity contribution < 1.29 is 22.8 Å². The van der Waals surface area contributed by atoms with Crippen LogP contribution >= 0.6 is 35.0 Å². The molecule has 0 spiro atoms. The minimum atomic E-state index is -4.62. The summed E-state index contributed by atoms with van der Waals surface area (Å²) in [4.78, 5) is 37.3. The minimum Gasteiger partial charge on any atom is -0.351 e. The summed E-state index contributed by atoms with van der Waals surface area (Å²) in [5.41, 5.74) is 4.87. The van der Waals surface area contributed by atoms with Crippen molar-refractivity contribution >= 4 is 69.4 Å². The van der Waals surface area contributed by atoms with Crippen LogP contribution in [0.2, 0.25) is 10.0 Å². The number of nitrogens with one attached hydrogen (secondary N) is 2. The largest absolute Gasteiger partial charge is 0.416 e. The Hall–Kier alpha value is -3.61. The fourth-order valence-electron chi connectivity index (χ4n) is 3.38. The maximum Gasteiger partial charge on any atom is 0.416 e. The lowest BCUT2D eigenvalue weighted by Gasteiger charge is -2.16. The predicted octanol–water partition coefficient (Wildman–Crippen LogP) is 6.48. The Labute approximate surface area is 221 Å². The molecule has 2 heterocycles. The van der Waals surface area contributed by atoms with Crippen molar-refractivity contribution in [2.24, 2.45) is 5.73 Å². The van der Waals surface area contributed by atoms with Gasteiger partial charge in [-0.3, -0.25) is 10.1 Å². The highest BCUT2D eigenvalue weighted by Crippen LogP contribution is 2.43. The van der Waals surface area contributed by atoms with Crippen LogP contribution in [0.25, 0.3) is 22.2 Å². The minimum absolute atomic E-state index is 0.00379. The van der Waals surface area contributed by atoms with E-state index in [2.05, 4.69) is 25.6 Å². The lowest BCUT2D eigenvalue weighted by molar-refractivity contribution is -0.137. The summed E-state index contributed by atoms with van der Waals surface area (Å²) in [6, 6.07) is 7.44. The number of amides is 3. The van der Waals surface area contributed by atoms with Crippen LogP contribution in [0.4, 0.5) is 29.5 Å². The first-order chi connectivity index (χ1) is 17.5. The smallest absolute Gasteiger partial charge is 0.351 e. The van der Waals surface area contributed by atoms with Gasteiger partial charge in [0, 0.05) is 28.3 Å². The molecule has 0 aliphatic rings. The van der Waals surface area contributed by atoms with Crippen molar-refractivity contribution in [3.63, 3.8) is 0 Å². The second kappa shape index (κ2) is 10.4. The van der Waals surface area contributed by atoms with Crippen LogP contribution in [0.5, 0.6) is 0 Å². The summed E-state index contributed by atoms with van der Waals surface area (Å²) in [7, 11) is 0. The topological polar surface area (TPSA) is 123 Å². The van der Waals surface area contributed by atoms with Gasteiger partial charge in [0.2, 0.25) is 0 Å². The number of nitrogens with zero attached hydrogens (tertiary/aromatic N) is 3. The zero-order valence-corrected chi connectivity index (χ0v) is 21.0. The first-order valence-corrected chi connectivity index (χ1v) is 12.2. The van der Waals surface area contributed by atoms with Gasteiger partial charge in [-0.2, -0.15) is 13.2 Å². The van der Waals surface area contributed by atoms with E-state index in [1.165, 1.54) is 36.2 Å². The molecule has 14 heteroatoms. The average Bonchev–Trinajstić information content (AvgIpc) is 2.85. The van der Waals surface area contributed by atoms with Gasteiger partial charge in [0.1, 0.15) is 5.82 Å². The molecule has 190 valence electrons. The highest BCUT2D eigenvalue weighted by atomic mass is 35.5. The molecule has 4 rings (SSSR count). The summed E-state index contributed by atoms with van der Waals surface area (Å²) >= 11 is 14.3. The number of anilines is 2.